The van der Waals surface area contributed by atoms with Crippen LogP contribution in [0.25, 0.3) is 0 Å². The summed E-state index contributed by atoms with van der Waals surface area (Å²) >= 11 is 1.68. The molecule has 1 aromatic heterocycles. The number of carbonyl (C=O) groups excluding carboxylic acids is 2. The Bertz CT molecular complexity index is 769. The predicted molar refractivity (Wildman–Crippen MR) is 111 cm³/mol. The molecule has 1 fully saturated rings. The minimum atomic E-state index is -0.301. The molecule has 2 heterocycles. The first-order chi connectivity index (χ1) is 13.6. The van der Waals surface area contributed by atoms with Crippen LogP contribution >= 0.6 is 11.3 Å². The monoisotopic (exact) mass is 401 g/mol. The molecule has 1 atom stereocenters. The number of nitrogens with one attached hydrogen (secondary N) is 1. The van der Waals surface area contributed by atoms with E-state index in [9.17, 15) is 9.59 Å². The third-order valence-corrected chi connectivity index (χ3v) is 5.79. The molecule has 0 unspecified atom stereocenters. The lowest BCUT2D eigenvalue weighted by atomic mass is 10.0. The standard InChI is InChI=1S/C21H27N3O3S/c1-3-27-21(26)24-12-10-23(11-13-24)19(25)15-22-20(18-5-4-14-28-18)17-8-6-16(2)7-9-17/h4-9,14,20,22H,3,10-13,15H2,1-2H3/t20-/m1/s1. The lowest BCUT2D eigenvalue weighted by molar-refractivity contribution is -0.131. The molecule has 0 spiro atoms. The zero-order chi connectivity index (χ0) is 19.9. The van der Waals surface area contributed by atoms with Crippen molar-refractivity contribution in [2.24, 2.45) is 0 Å². The van der Waals surface area contributed by atoms with E-state index in [0.29, 0.717) is 32.8 Å². The zero-order valence-electron chi connectivity index (χ0n) is 16.4. The van der Waals surface area contributed by atoms with Gasteiger partial charge in [0.1, 0.15) is 0 Å². The van der Waals surface area contributed by atoms with Gasteiger partial charge in [0, 0.05) is 31.1 Å². The predicted octanol–water partition coefficient (Wildman–Crippen LogP) is 3.04. The van der Waals surface area contributed by atoms with Gasteiger partial charge in [-0.05, 0) is 30.9 Å². The molecule has 2 amide bonds. The fourth-order valence-corrected chi connectivity index (χ4v) is 4.08. The van der Waals surface area contributed by atoms with Crippen LogP contribution < -0.4 is 5.32 Å². The van der Waals surface area contributed by atoms with Gasteiger partial charge < -0.3 is 14.5 Å². The minimum Gasteiger partial charge on any atom is -0.450 e. The molecule has 1 aliphatic rings. The number of hydrogen-bond donors (Lipinski definition) is 1. The van der Waals surface area contributed by atoms with Crippen LogP contribution in [-0.4, -0.2) is 61.1 Å². The van der Waals surface area contributed by atoms with Crippen LogP contribution in [0.15, 0.2) is 41.8 Å². The molecule has 2 aromatic rings. The number of rotatable bonds is 6. The summed E-state index contributed by atoms with van der Waals surface area (Å²) in [5.74, 6) is 0.0529. The van der Waals surface area contributed by atoms with E-state index in [1.807, 2.05) is 11.0 Å². The van der Waals surface area contributed by atoms with Crippen molar-refractivity contribution in [2.45, 2.75) is 19.9 Å². The summed E-state index contributed by atoms with van der Waals surface area (Å²) in [6.07, 6.45) is -0.301. The van der Waals surface area contributed by atoms with Gasteiger partial charge in [-0.25, -0.2) is 4.79 Å². The van der Waals surface area contributed by atoms with E-state index in [-0.39, 0.29) is 24.6 Å². The Hall–Kier alpha value is -2.38. The second kappa shape index (κ2) is 9.71. The maximum Gasteiger partial charge on any atom is 0.409 e. The number of ether oxygens (including phenoxy) is 1. The summed E-state index contributed by atoms with van der Waals surface area (Å²) in [6.45, 7) is 6.58. The molecule has 0 aliphatic carbocycles. The van der Waals surface area contributed by atoms with Gasteiger partial charge in [0.25, 0.3) is 0 Å². The topological polar surface area (TPSA) is 61.9 Å². The number of carbonyl (C=O) groups is 2. The molecular formula is C21H27N3O3S. The van der Waals surface area contributed by atoms with Crippen molar-refractivity contribution < 1.29 is 14.3 Å². The smallest absolute Gasteiger partial charge is 0.409 e. The summed E-state index contributed by atoms with van der Waals surface area (Å²) in [7, 11) is 0. The van der Waals surface area contributed by atoms with Gasteiger partial charge in [-0.2, -0.15) is 0 Å². The van der Waals surface area contributed by atoms with Crippen LogP contribution in [0.3, 0.4) is 0 Å². The molecule has 1 aliphatic heterocycles. The van der Waals surface area contributed by atoms with Crippen molar-refractivity contribution in [3.63, 3.8) is 0 Å². The van der Waals surface area contributed by atoms with E-state index in [4.69, 9.17) is 4.74 Å². The molecule has 28 heavy (non-hydrogen) atoms. The number of amides is 2. The Morgan fingerprint density at radius 1 is 1.11 bits per heavy atom. The van der Waals surface area contributed by atoms with Gasteiger partial charge in [-0.3, -0.25) is 10.1 Å². The highest BCUT2D eigenvalue weighted by atomic mass is 32.1. The third-order valence-electron chi connectivity index (χ3n) is 4.85. The summed E-state index contributed by atoms with van der Waals surface area (Å²) in [5, 5.41) is 5.47. The molecule has 0 bridgehead atoms. The third kappa shape index (κ3) is 5.11. The second-order valence-electron chi connectivity index (χ2n) is 6.81. The summed E-state index contributed by atoms with van der Waals surface area (Å²) < 4.78 is 5.03. The number of hydrogen-bond acceptors (Lipinski definition) is 5. The van der Waals surface area contributed by atoms with Crippen LogP contribution in [0.4, 0.5) is 4.79 Å². The van der Waals surface area contributed by atoms with Crippen molar-refractivity contribution in [3.8, 4) is 0 Å². The van der Waals surface area contributed by atoms with Crippen LogP contribution in [0, 0.1) is 6.92 Å². The average Bonchev–Trinajstić information content (AvgIpc) is 3.24. The number of nitrogens with zero attached hydrogens (tertiary/aromatic N) is 2. The Morgan fingerprint density at radius 2 is 1.79 bits per heavy atom. The van der Waals surface area contributed by atoms with Crippen LogP contribution in [0.1, 0.15) is 29.0 Å². The van der Waals surface area contributed by atoms with E-state index in [0.717, 1.165) is 5.56 Å². The summed E-state index contributed by atoms with van der Waals surface area (Å²) in [6, 6.07) is 12.5. The van der Waals surface area contributed by atoms with Gasteiger partial charge in [-0.15, -0.1) is 11.3 Å². The Labute approximate surface area is 170 Å². The number of benzene rings is 1. The van der Waals surface area contributed by atoms with Crippen LogP contribution in [0.2, 0.25) is 0 Å². The molecule has 1 saturated heterocycles. The first-order valence-electron chi connectivity index (χ1n) is 9.61. The van der Waals surface area contributed by atoms with E-state index in [1.54, 1.807) is 23.2 Å². The van der Waals surface area contributed by atoms with Gasteiger partial charge in [0.2, 0.25) is 5.91 Å². The first-order valence-corrected chi connectivity index (χ1v) is 10.5. The highest BCUT2D eigenvalue weighted by Crippen LogP contribution is 2.26. The Balaban J connectivity index is 1.57. The van der Waals surface area contributed by atoms with E-state index >= 15 is 0 Å². The summed E-state index contributed by atoms with van der Waals surface area (Å²) in [5.41, 5.74) is 2.36. The van der Waals surface area contributed by atoms with E-state index in [2.05, 4.69) is 48.0 Å². The maximum atomic E-state index is 12.7. The second-order valence-corrected chi connectivity index (χ2v) is 7.79. The fraction of sp³-hybridized carbons (Fsp3) is 0.429. The van der Waals surface area contributed by atoms with Gasteiger partial charge in [0.15, 0.2) is 0 Å². The SMILES string of the molecule is CCOC(=O)N1CCN(C(=O)CN[C@H](c2ccc(C)cc2)c2cccs2)CC1. The van der Waals surface area contributed by atoms with Crippen LogP contribution in [0.5, 0.6) is 0 Å². The quantitative estimate of drug-likeness (QED) is 0.808. The molecule has 7 heteroatoms. The molecular weight excluding hydrogens is 374 g/mol. The van der Waals surface area contributed by atoms with Crippen molar-refractivity contribution in [2.75, 3.05) is 39.3 Å². The maximum absolute atomic E-state index is 12.7. The molecule has 3 rings (SSSR count). The number of aryl methyl sites for hydroxylation is 1. The first kappa shape index (κ1) is 20.4. The van der Waals surface area contributed by atoms with Gasteiger partial charge >= 0.3 is 6.09 Å². The zero-order valence-corrected chi connectivity index (χ0v) is 17.2. The van der Waals surface area contributed by atoms with Crippen molar-refractivity contribution in [1.29, 1.82) is 0 Å². The average molecular weight is 402 g/mol. The summed E-state index contributed by atoms with van der Waals surface area (Å²) in [4.78, 5) is 29.1. The number of piperazine rings is 1. The molecule has 0 radical (unpaired) electrons. The van der Waals surface area contributed by atoms with E-state index < -0.39 is 0 Å². The highest BCUT2D eigenvalue weighted by molar-refractivity contribution is 7.10. The van der Waals surface area contributed by atoms with Crippen molar-refractivity contribution in [1.82, 2.24) is 15.1 Å². The highest BCUT2D eigenvalue weighted by Gasteiger charge is 2.25. The largest absolute Gasteiger partial charge is 0.450 e. The Morgan fingerprint density at radius 3 is 2.39 bits per heavy atom. The van der Waals surface area contributed by atoms with E-state index in [1.165, 1.54) is 10.4 Å². The van der Waals surface area contributed by atoms with Gasteiger partial charge in [0.05, 0.1) is 19.2 Å². The van der Waals surface area contributed by atoms with Crippen molar-refractivity contribution >= 4 is 23.3 Å². The Kier molecular flexibility index (Phi) is 7.06. The van der Waals surface area contributed by atoms with Crippen LogP contribution in [-0.2, 0) is 9.53 Å². The molecule has 6 nitrogen and oxygen atoms in total. The molecule has 150 valence electrons. The lowest BCUT2D eigenvalue weighted by Gasteiger charge is -2.34. The minimum absolute atomic E-state index is 0.00892. The molecule has 0 saturated carbocycles. The number of thiophene rings is 1. The molecule has 1 N–H and O–H groups in total. The van der Waals surface area contributed by atoms with Crippen molar-refractivity contribution in [3.05, 3.63) is 57.8 Å². The molecule has 1 aromatic carbocycles. The lowest BCUT2D eigenvalue weighted by Crippen LogP contribution is -2.52. The van der Waals surface area contributed by atoms with Gasteiger partial charge in [-0.1, -0.05) is 35.9 Å². The fourth-order valence-electron chi connectivity index (χ4n) is 3.25. The normalized spacial score (nSPS) is 15.4.